The van der Waals surface area contributed by atoms with E-state index >= 15 is 0 Å². The molecule has 2 fully saturated rings. The zero-order valence-electron chi connectivity index (χ0n) is 13.8. The molecule has 1 atom stereocenters. The van der Waals surface area contributed by atoms with E-state index < -0.39 is 0 Å². The molecule has 0 saturated carbocycles. The first-order valence-corrected chi connectivity index (χ1v) is 8.64. The van der Waals surface area contributed by atoms with Crippen LogP contribution in [0.4, 0.5) is 0 Å². The zero-order chi connectivity index (χ0) is 14.4. The van der Waals surface area contributed by atoms with E-state index in [9.17, 15) is 0 Å². The molecule has 0 spiro atoms. The Morgan fingerprint density at radius 1 is 1.30 bits per heavy atom. The Balaban J connectivity index is 1.86. The third kappa shape index (κ3) is 4.71. The number of likely N-dealkylation sites (tertiary alicyclic amines) is 1. The fraction of sp³-hybridized carbons (Fsp3) is 1.00. The average Bonchev–Trinajstić information content (AvgIpc) is 2.86. The van der Waals surface area contributed by atoms with Crippen molar-refractivity contribution in [1.29, 1.82) is 0 Å². The van der Waals surface area contributed by atoms with E-state index in [2.05, 4.69) is 31.0 Å². The summed E-state index contributed by atoms with van der Waals surface area (Å²) < 4.78 is 5.61. The molecule has 0 amide bonds. The van der Waals surface area contributed by atoms with Crippen LogP contribution in [-0.4, -0.2) is 50.8 Å². The van der Waals surface area contributed by atoms with Crippen molar-refractivity contribution in [2.24, 2.45) is 17.3 Å². The van der Waals surface area contributed by atoms with Gasteiger partial charge < -0.3 is 15.0 Å². The molecule has 2 rings (SSSR count). The van der Waals surface area contributed by atoms with E-state index in [1.807, 2.05) is 0 Å². The molecule has 0 bridgehead atoms. The highest BCUT2D eigenvalue weighted by atomic mass is 16.5. The molecule has 1 unspecified atom stereocenters. The average molecular weight is 282 g/mol. The SMILES string of the molecule is CCC1CCN(CC2(CNCC(C)C)CCOCC2)C1. The molecule has 118 valence electrons. The summed E-state index contributed by atoms with van der Waals surface area (Å²) in [5.41, 5.74) is 0.454. The lowest BCUT2D eigenvalue weighted by Gasteiger charge is -2.40. The number of nitrogens with zero attached hydrogens (tertiary/aromatic N) is 1. The Morgan fingerprint density at radius 2 is 2.05 bits per heavy atom. The van der Waals surface area contributed by atoms with Gasteiger partial charge >= 0.3 is 0 Å². The second-order valence-corrected chi connectivity index (χ2v) is 7.44. The van der Waals surface area contributed by atoms with Gasteiger partial charge in [-0.15, -0.1) is 0 Å². The van der Waals surface area contributed by atoms with Crippen molar-refractivity contribution in [3.8, 4) is 0 Å². The molecular formula is C17H34N2O. The van der Waals surface area contributed by atoms with Gasteiger partial charge in [0.05, 0.1) is 0 Å². The van der Waals surface area contributed by atoms with Crippen molar-refractivity contribution in [3.05, 3.63) is 0 Å². The normalized spacial score (nSPS) is 27.3. The number of hydrogen-bond acceptors (Lipinski definition) is 3. The van der Waals surface area contributed by atoms with Crippen LogP contribution in [0.2, 0.25) is 0 Å². The maximum Gasteiger partial charge on any atom is 0.0472 e. The molecule has 2 aliphatic heterocycles. The van der Waals surface area contributed by atoms with E-state index in [-0.39, 0.29) is 0 Å². The number of ether oxygens (including phenoxy) is 1. The van der Waals surface area contributed by atoms with Crippen molar-refractivity contribution >= 4 is 0 Å². The van der Waals surface area contributed by atoms with Crippen molar-refractivity contribution in [1.82, 2.24) is 10.2 Å². The van der Waals surface area contributed by atoms with E-state index in [1.54, 1.807) is 0 Å². The van der Waals surface area contributed by atoms with E-state index in [0.29, 0.717) is 5.41 Å². The van der Waals surface area contributed by atoms with Crippen LogP contribution in [0.25, 0.3) is 0 Å². The first-order chi connectivity index (χ1) is 9.63. The molecule has 0 aromatic carbocycles. The topological polar surface area (TPSA) is 24.5 Å². The minimum absolute atomic E-state index is 0.454. The summed E-state index contributed by atoms with van der Waals surface area (Å²) in [7, 11) is 0. The van der Waals surface area contributed by atoms with Crippen LogP contribution in [-0.2, 0) is 4.74 Å². The van der Waals surface area contributed by atoms with Crippen LogP contribution in [0.5, 0.6) is 0 Å². The van der Waals surface area contributed by atoms with Gasteiger partial charge in [0, 0.05) is 32.8 Å². The fourth-order valence-electron chi connectivity index (χ4n) is 3.69. The first kappa shape index (κ1) is 16.3. The molecule has 1 N–H and O–H groups in total. The highest BCUT2D eigenvalue weighted by Gasteiger charge is 2.36. The van der Waals surface area contributed by atoms with Crippen LogP contribution in [0, 0.1) is 17.3 Å². The maximum atomic E-state index is 5.61. The quantitative estimate of drug-likeness (QED) is 0.777. The number of nitrogens with one attached hydrogen (secondary N) is 1. The molecule has 2 saturated heterocycles. The van der Waals surface area contributed by atoms with Crippen molar-refractivity contribution in [2.45, 2.75) is 46.5 Å². The summed E-state index contributed by atoms with van der Waals surface area (Å²) in [4.78, 5) is 2.72. The van der Waals surface area contributed by atoms with E-state index in [1.165, 1.54) is 51.9 Å². The molecule has 2 aliphatic rings. The Kier molecular flexibility index (Phi) is 6.31. The van der Waals surface area contributed by atoms with Gasteiger partial charge in [0.15, 0.2) is 0 Å². The molecule has 2 heterocycles. The van der Waals surface area contributed by atoms with E-state index in [0.717, 1.165) is 31.6 Å². The van der Waals surface area contributed by atoms with Crippen LogP contribution in [0.15, 0.2) is 0 Å². The van der Waals surface area contributed by atoms with Crippen molar-refractivity contribution in [3.63, 3.8) is 0 Å². The summed E-state index contributed by atoms with van der Waals surface area (Å²) in [5.74, 6) is 1.68. The first-order valence-electron chi connectivity index (χ1n) is 8.64. The lowest BCUT2D eigenvalue weighted by molar-refractivity contribution is -0.00167. The van der Waals surface area contributed by atoms with Gasteiger partial charge in [-0.05, 0) is 49.6 Å². The largest absolute Gasteiger partial charge is 0.381 e. The Hall–Kier alpha value is -0.120. The highest BCUT2D eigenvalue weighted by Crippen LogP contribution is 2.33. The van der Waals surface area contributed by atoms with Crippen LogP contribution < -0.4 is 5.32 Å². The van der Waals surface area contributed by atoms with Gasteiger partial charge in [-0.2, -0.15) is 0 Å². The summed E-state index contributed by atoms with van der Waals surface area (Å²) in [6, 6.07) is 0. The Morgan fingerprint density at radius 3 is 2.65 bits per heavy atom. The van der Waals surface area contributed by atoms with Crippen LogP contribution >= 0.6 is 0 Å². The van der Waals surface area contributed by atoms with Crippen molar-refractivity contribution in [2.75, 3.05) is 45.9 Å². The summed E-state index contributed by atoms with van der Waals surface area (Å²) in [5, 5.41) is 3.71. The molecule has 0 aromatic rings. The van der Waals surface area contributed by atoms with Gasteiger partial charge in [-0.25, -0.2) is 0 Å². The van der Waals surface area contributed by atoms with Gasteiger partial charge in [-0.1, -0.05) is 27.2 Å². The molecular weight excluding hydrogens is 248 g/mol. The lowest BCUT2D eigenvalue weighted by atomic mass is 9.79. The third-order valence-electron chi connectivity index (χ3n) is 5.11. The van der Waals surface area contributed by atoms with E-state index in [4.69, 9.17) is 4.74 Å². The number of rotatable bonds is 7. The second kappa shape index (κ2) is 7.77. The predicted octanol–water partition coefficient (Wildman–Crippen LogP) is 2.76. The smallest absolute Gasteiger partial charge is 0.0472 e. The minimum Gasteiger partial charge on any atom is -0.381 e. The molecule has 0 aliphatic carbocycles. The molecule has 3 heteroatoms. The standard InChI is InChI=1S/C17H34N2O/c1-4-16-5-8-19(12-16)14-17(6-9-20-10-7-17)13-18-11-15(2)3/h15-16,18H,4-14H2,1-3H3. The van der Waals surface area contributed by atoms with Crippen LogP contribution in [0.1, 0.15) is 46.5 Å². The van der Waals surface area contributed by atoms with Crippen molar-refractivity contribution < 1.29 is 4.74 Å². The number of hydrogen-bond donors (Lipinski definition) is 1. The zero-order valence-corrected chi connectivity index (χ0v) is 13.8. The Bertz CT molecular complexity index is 274. The van der Waals surface area contributed by atoms with Gasteiger partial charge in [0.1, 0.15) is 0 Å². The summed E-state index contributed by atoms with van der Waals surface area (Å²) >= 11 is 0. The highest BCUT2D eigenvalue weighted by molar-refractivity contribution is 4.89. The minimum atomic E-state index is 0.454. The molecule has 0 aromatic heterocycles. The van der Waals surface area contributed by atoms with Crippen LogP contribution in [0.3, 0.4) is 0 Å². The lowest BCUT2D eigenvalue weighted by Crippen LogP contribution is -2.47. The van der Waals surface area contributed by atoms with Gasteiger partial charge in [0.2, 0.25) is 0 Å². The maximum absolute atomic E-state index is 5.61. The summed E-state index contributed by atoms with van der Waals surface area (Å²) in [6.07, 6.45) is 5.21. The molecule has 20 heavy (non-hydrogen) atoms. The van der Waals surface area contributed by atoms with Gasteiger partial charge in [0.25, 0.3) is 0 Å². The molecule has 3 nitrogen and oxygen atoms in total. The monoisotopic (exact) mass is 282 g/mol. The molecule has 0 radical (unpaired) electrons. The fourth-order valence-corrected chi connectivity index (χ4v) is 3.69. The second-order valence-electron chi connectivity index (χ2n) is 7.44. The third-order valence-corrected chi connectivity index (χ3v) is 5.11. The Labute approximate surface area is 125 Å². The predicted molar refractivity (Wildman–Crippen MR) is 85.0 cm³/mol. The van der Waals surface area contributed by atoms with Gasteiger partial charge in [-0.3, -0.25) is 0 Å². The summed E-state index contributed by atoms with van der Waals surface area (Å²) in [6.45, 7) is 15.0.